The smallest absolute Gasteiger partial charge is 0.234 e. The molecule has 0 aliphatic heterocycles. The van der Waals surface area contributed by atoms with Crippen molar-refractivity contribution in [1.82, 2.24) is 14.9 Å². The van der Waals surface area contributed by atoms with Crippen LogP contribution in [0.15, 0.2) is 47.6 Å². The quantitative estimate of drug-likeness (QED) is 0.511. The van der Waals surface area contributed by atoms with Crippen LogP contribution < -0.4 is 11.2 Å². The Hall–Kier alpha value is -2.65. The monoisotopic (exact) mass is 395 g/mol. The summed E-state index contributed by atoms with van der Waals surface area (Å²) in [6, 6.07) is 9.88. The molecule has 0 unspecified atom stereocenters. The fraction of sp³-hybridized carbons (Fsp3) is 0.0625. The van der Waals surface area contributed by atoms with Gasteiger partial charge in [-0.15, -0.1) is 10.2 Å². The molecule has 1 heterocycles. The summed E-state index contributed by atoms with van der Waals surface area (Å²) in [5, 5.41) is 10.5. The zero-order valence-corrected chi connectivity index (χ0v) is 14.7. The van der Waals surface area contributed by atoms with Gasteiger partial charge in [0.15, 0.2) is 5.82 Å². The molecule has 1 aromatic heterocycles. The van der Waals surface area contributed by atoms with Crippen LogP contribution in [0, 0.1) is 11.6 Å². The third kappa shape index (κ3) is 3.94. The molecule has 3 rings (SSSR count). The number of thioether (sulfide) groups is 1. The van der Waals surface area contributed by atoms with Crippen LogP contribution in [0.5, 0.6) is 0 Å². The Morgan fingerprint density at radius 1 is 1.19 bits per heavy atom. The van der Waals surface area contributed by atoms with Crippen LogP contribution in [0.25, 0.3) is 11.4 Å². The maximum Gasteiger partial charge on any atom is 0.234 e. The minimum Gasteiger partial charge on any atom is -0.335 e. The number of hydrogen-bond donors (Lipinski definition) is 2. The number of halogens is 3. The van der Waals surface area contributed by atoms with Gasteiger partial charge in [-0.05, 0) is 30.3 Å². The van der Waals surface area contributed by atoms with E-state index >= 15 is 0 Å². The summed E-state index contributed by atoms with van der Waals surface area (Å²) in [6.07, 6.45) is 0. The normalized spacial score (nSPS) is 10.7. The van der Waals surface area contributed by atoms with Crippen molar-refractivity contribution in [1.29, 1.82) is 0 Å². The third-order valence-corrected chi connectivity index (χ3v) is 4.55. The number of rotatable bonds is 5. The number of nitrogen functional groups attached to an aromatic ring is 1. The van der Waals surface area contributed by atoms with Gasteiger partial charge in [0.1, 0.15) is 11.6 Å². The summed E-state index contributed by atoms with van der Waals surface area (Å²) in [5.74, 6) is 4.60. The number of benzene rings is 2. The average molecular weight is 396 g/mol. The Morgan fingerprint density at radius 2 is 1.96 bits per heavy atom. The first-order valence-electron chi connectivity index (χ1n) is 7.29. The van der Waals surface area contributed by atoms with Crippen LogP contribution >= 0.6 is 23.4 Å². The Morgan fingerprint density at radius 3 is 2.69 bits per heavy atom. The van der Waals surface area contributed by atoms with Crippen molar-refractivity contribution in [3.05, 3.63) is 59.1 Å². The van der Waals surface area contributed by atoms with E-state index in [1.165, 1.54) is 24.3 Å². The van der Waals surface area contributed by atoms with Gasteiger partial charge in [-0.2, -0.15) is 0 Å². The van der Waals surface area contributed by atoms with Gasteiger partial charge in [-0.1, -0.05) is 35.5 Å². The van der Waals surface area contributed by atoms with Crippen molar-refractivity contribution in [2.75, 3.05) is 16.9 Å². The highest BCUT2D eigenvalue weighted by atomic mass is 35.5. The summed E-state index contributed by atoms with van der Waals surface area (Å²) >= 11 is 6.69. The van der Waals surface area contributed by atoms with Gasteiger partial charge in [0.05, 0.1) is 16.3 Å². The maximum absolute atomic E-state index is 13.8. The molecule has 0 atom stereocenters. The van der Waals surface area contributed by atoms with Crippen LogP contribution in [0.3, 0.4) is 0 Å². The number of anilines is 1. The van der Waals surface area contributed by atoms with Gasteiger partial charge < -0.3 is 11.2 Å². The highest BCUT2D eigenvalue weighted by Crippen LogP contribution is 2.24. The predicted octanol–water partition coefficient (Wildman–Crippen LogP) is 3.32. The molecular weight excluding hydrogens is 384 g/mol. The summed E-state index contributed by atoms with van der Waals surface area (Å²) < 4.78 is 28.1. The molecular formula is C16H12ClF2N5OS. The van der Waals surface area contributed by atoms with E-state index in [-0.39, 0.29) is 33.2 Å². The van der Waals surface area contributed by atoms with Gasteiger partial charge in [-0.3, -0.25) is 4.79 Å². The van der Waals surface area contributed by atoms with Gasteiger partial charge in [0, 0.05) is 5.69 Å². The van der Waals surface area contributed by atoms with Crippen molar-refractivity contribution in [2.24, 2.45) is 0 Å². The molecule has 10 heteroatoms. The SMILES string of the molecule is Nn1c(SCC(=O)Nc2ccc(F)c(Cl)c2)nnc1-c1ccccc1F. The fourth-order valence-electron chi connectivity index (χ4n) is 2.10. The Labute approximate surface area is 156 Å². The molecule has 0 saturated carbocycles. The molecule has 26 heavy (non-hydrogen) atoms. The molecule has 0 spiro atoms. The zero-order chi connectivity index (χ0) is 18.7. The van der Waals surface area contributed by atoms with E-state index in [9.17, 15) is 13.6 Å². The largest absolute Gasteiger partial charge is 0.335 e. The first-order chi connectivity index (χ1) is 12.5. The number of nitrogens with one attached hydrogen (secondary N) is 1. The maximum atomic E-state index is 13.8. The Kier molecular flexibility index (Phi) is 5.38. The molecule has 0 radical (unpaired) electrons. The second-order valence-corrected chi connectivity index (χ2v) is 6.47. The van der Waals surface area contributed by atoms with E-state index in [4.69, 9.17) is 17.4 Å². The second kappa shape index (κ2) is 7.71. The van der Waals surface area contributed by atoms with Crippen LogP contribution in [0.2, 0.25) is 5.02 Å². The number of hydrogen-bond acceptors (Lipinski definition) is 5. The van der Waals surface area contributed by atoms with E-state index in [0.717, 1.165) is 22.5 Å². The first kappa shape index (κ1) is 18.2. The molecule has 2 aromatic carbocycles. The van der Waals surface area contributed by atoms with E-state index < -0.39 is 11.6 Å². The van der Waals surface area contributed by atoms with Crippen molar-refractivity contribution < 1.29 is 13.6 Å². The van der Waals surface area contributed by atoms with E-state index in [2.05, 4.69) is 15.5 Å². The molecule has 0 aliphatic carbocycles. The van der Waals surface area contributed by atoms with E-state index in [1.807, 2.05) is 0 Å². The van der Waals surface area contributed by atoms with Crippen LogP contribution in [0.4, 0.5) is 14.5 Å². The predicted molar refractivity (Wildman–Crippen MR) is 96.3 cm³/mol. The second-order valence-electron chi connectivity index (χ2n) is 5.12. The number of amides is 1. The lowest BCUT2D eigenvalue weighted by atomic mass is 10.2. The lowest BCUT2D eigenvalue weighted by Gasteiger charge is -2.06. The highest BCUT2D eigenvalue weighted by molar-refractivity contribution is 7.99. The lowest BCUT2D eigenvalue weighted by molar-refractivity contribution is -0.113. The molecule has 3 N–H and O–H groups in total. The minimum absolute atomic E-state index is 0.0262. The topological polar surface area (TPSA) is 85.8 Å². The number of aromatic nitrogens is 3. The number of nitrogens with zero attached hydrogens (tertiary/aromatic N) is 3. The summed E-state index contributed by atoms with van der Waals surface area (Å²) in [6.45, 7) is 0. The molecule has 1 amide bonds. The standard InChI is InChI=1S/C16H12ClF2N5OS/c17-11-7-9(5-6-13(11)19)21-14(25)8-26-16-23-22-15(24(16)20)10-3-1-2-4-12(10)18/h1-7H,8,20H2,(H,21,25). The molecule has 0 saturated heterocycles. The number of nitrogens with two attached hydrogens (primary N) is 1. The van der Waals surface area contributed by atoms with Crippen molar-refractivity contribution in [2.45, 2.75) is 5.16 Å². The van der Waals surface area contributed by atoms with Crippen LogP contribution in [0.1, 0.15) is 0 Å². The minimum atomic E-state index is -0.573. The molecule has 0 fully saturated rings. The van der Waals surface area contributed by atoms with Crippen molar-refractivity contribution in [3.8, 4) is 11.4 Å². The number of carbonyl (C=O) groups excluding carboxylic acids is 1. The van der Waals surface area contributed by atoms with E-state index in [1.54, 1.807) is 12.1 Å². The third-order valence-electron chi connectivity index (χ3n) is 3.32. The van der Waals surface area contributed by atoms with E-state index in [0.29, 0.717) is 5.69 Å². The summed E-state index contributed by atoms with van der Waals surface area (Å²) in [7, 11) is 0. The van der Waals surface area contributed by atoms with Crippen LogP contribution in [-0.2, 0) is 4.79 Å². The lowest BCUT2D eigenvalue weighted by Crippen LogP contribution is -2.16. The molecule has 134 valence electrons. The van der Waals surface area contributed by atoms with Gasteiger partial charge in [0.2, 0.25) is 11.1 Å². The number of carbonyl (C=O) groups is 1. The zero-order valence-electron chi connectivity index (χ0n) is 13.1. The summed E-state index contributed by atoms with van der Waals surface area (Å²) in [5.41, 5.74) is 0.572. The van der Waals surface area contributed by atoms with Gasteiger partial charge in [-0.25, -0.2) is 13.5 Å². The molecule has 0 bridgehead atoms. The fourth-order valence-corrected chi connectivity index (χ4v) is 2.94. The molecule has 6 nitrogen and oxygen atoms in total. The highest BCUT2D eigenvalue weighted by Gasteiger charge is 2.16. The Bertz CT molecular complexity index is 966. The molecule has 0 aliphatic rings. The van der Waals surface area contributed by atoms with Crippen LogP contribution in [-0.4, -0.2) is 26.5 Å². The van der Waals surface area contributed by atoms with Crippen molar-refractivity contribution in [3.63, 3.8) is 0 Å². The van der Waals surface area contributed by atoms with Gasteiger partial charge >= 0.3 is 0 Å². The molecule has 3 aromatic rings. The average Bonchev–Trinajstić information content (AvgIpc) is 2.97. The summed E-state index contributed by atoms with van der Waals surface area (Å²) in [4.78, 5) is 12.0. The first-order valence-corrected chi connectivity index (χ1v) is 8.65. The Balaban J connectivity index is 1.66. The van der Waals surface area contributed by atoms with Gasteiger partial charge in [0.25, 0.3) is 0 Å². The van der Waals surface area contributed by atoms with Crippen molar-refractivity contribution >= 4 is 35.0 Å².